The summed E-state index contributed by atoms with van der Waals surface area (Å²) in [6, 6.07) is 5.84. The normalized spacial score (nSPS) is 13.7. The molecule has 1 aromatic carbocycles. The van der Waals surface area contributed by atoms with E-state index in [4.69, 9.17) is 10.8 Å². The molecule has 0 saturated carbocycles. The molecule has 0 radical (unpaired) electrons. The number of hydrogen-bond acceptors (Lipinski definition) is 2. The molecule has 3 rings (SSSR count). The number of fused-ring (bicyclic) bond motifs is 1. The Kier molecular flexibility index (Phi) is 3.85. The van der Waals surface area contributed by atoms with Crippen LogP contribution in [0.3, 0.4) is 0 Å². The Bertz CT molecular complexity index is 819. The number of hydrogen-bond donors (Lipinski definition) is 2. The summed E-state index contributed by atoms with van der Waals surface area (Å²) in [4.78, 5) is 24.4. The van der Waals surface area contributed by atoms with Crippen LogP contribution in [-0.2, 0) is 13.1 Å². The van der Waals surface area contributed by atoms with Gasteiger partial charge in [0.1, 0.15) is 5.82 Å². The zero-order valence-corrected chi connectivity index (χ0v) is 13.5. The molecule has 23 heavy (non-hydrogen) atoms. The smallest absolute Gasteiger partial charge is 0.407 e. The van der Waals surface area contributed by atoms with Crippen molar-refractivity contribution in [3.8, 4) is 11.1 Å². The van der Waals surface area contributed by atoms with Crippen LogP contribution in [0.2, 0.25) is 0 Å². The Hall–Kier alpha value is -2.35. The van der Waals surface area contributed by atoms with Crippen molar-refractivity contribution in [3.05, 3.63) is 45.9 Å². The number of primary amides is 1. The molecule has 0 fully saturated rings. The van der Waals surface area contributed by atoms with Crippen LogP contribution in [0.15, 0.2) is 28.9 Å². The lowest BCUT2D eigenvalue weighted by molar-refractivity contribution is 0.0993. The van der Waals surface area contributed by atoms with Gasteiger partial charge in [-0.3, -0.25) is 4.79 Å². The molecule has 6 nitrogen and oxygen atoms in total. The highest BCUT2D eigenvalue weighted by atomic mass is 79.9. The van der Waals surface area contributed by atoms with E-state index in [1.165, 1.54) is 17.0 Å². The monoisotopic (exact) mass is 381 g/mol. The number of carboxylic acid groups (broad SMARTS) is 1. The van der Waals surface area contributed by atoms with Crippen LogP contribution < -0.4 is 5.73 Å². The van der Waals surface area contributed by atoms with Gasteiger partial charge >= 0.3 is 6.09 Å². The van der Waals surface area contributed by atoms with E-state index in [-0.39, 0.29) is 12.1 Å². The van der Waals surface area contributed by atoms with Gasteiger partial charge in [0.2, 0.25) is 0 Å². The van der Waals surface area contributed by atoms with E-state index in [0.717, 1.165) is 0 Å². The molecule has 2 heterocycles. The minimum atomic E-state index is -1.06. The molecule has 120 valence electrons. The van der Waals surface area contributed by atoms with Crippen LogP contribution in [0.5, 0.6) is 0 Å². The van der Waals surface area contributed by atoms with E-state index < -0.39 is 17.8 Å². The molecule has 1 aliphatic heterocycles. The van der Waals surface area contributed by atoms with E-state index in [2.05, 4.69) is 15.9 Å². The second-order valence-corrected chi connectivity index (χ2v) is 5.97. The third-order valence-corrected chi connectivity index (χ3v) is 4.70. The van der Waals surface area contributed by atoms with Crippen molar-refractivity contribution in [1.82, 2.24) is 9.47 Å². The van der Waals surface area contributed by atoms with Crippen LogP contribution >= 0.6 is 15.9 Å². The Morgan fingerprint density at radius 3 is 2.65 bits per heavy atom. The number of benzene rings is 1. The second-order valence-electron chi connectivity index (χ2n) is 5.22. The maximum atomic E-state index is 13.5. The van der Waals surface area contributed by atoms with E-state index in [1.807, 2.05) is 0 Å². The molecule has 8 heteroatoms. The van der Waals surface area contributed by atoms with Gasteiger partial charge in [-0.2, -0.15) is 0 Å². The van der Waals surface area contributed by atoms with Gasteiger partial charge in [0, 0.05) is 18.7 Å². The second kappa shape index (κ2) is 5.69. The number of nitrogens with zero attached hydrogens (tertiary/aromatic N) is 2. The summed E-state index contributed by atoms with van der Waals surface area (Å²) < 4.78 is 15.9. The van der Waals surface area contributed by atoms with Crippen molar-refractivity contribution in [1.29, 1.82) is 0 Å². The summed E-state index contributed by atoms with van der Waals surface area (Å²) in [6.07, 6.45) is -1.06. The molecule has 2 amide bonds. The van der Waals surface area contributed by atoms with E-state index in [1.54, 1.807) is 16.7 Å². The molecule has 0 unspecified atom stereocenters. The zero-order valence-electron chi connectivity index (χ0n) is 11.9. The molecule has 0 aliphatic carbocycles. The summed E-state index contributed by atoms with van der Waals surface area (Å²) in [6.45, 7) is 0.746. The Balaban J connectivity index is 2.22. The topological polar surface area (TPSA) is 88.6 Å². The van der Waals surface area contributed by atoms with Crippen molar-refractivity contribution in [2.24, 2.45) is 5.73 Å². The Morgan fingerprint density at radius 1 is 1.30 bits per heavy atom. The average molecular weight is 382 g/mol. The Labute approximate surface area is 139 Å². The largest absolute Gasteiger partial charge is 0.465 e. The highest BCUT2D eigenvalue weighted by Gasteiger charge is 2.31. The highest BCUT2D eigenvalue weighted by Crippen LogP contribution is 2.38. The lowest BCUT2D eigenvalue weighted by Gasteiger charge is -2.27. The molecule has 1 aromatic heterocycles. The SMILES string of the molecule is NC(=O)c1c(-c2cccc(F)c2)c(Br)n2c1CN(C(=O)O)CC2. The summed E-state index contributed by atoms with van der Waals surface area (Å²) in [5.74, 6) is -1.10. The molecular weight excluding hydrogens is 369 g/mol. The summed E-state index contributed by atoms with van der Waals surface area (Å²) in [5.41, 5.74) is 7.24. The van der Waals surface area contributed by atoms with Gasteiger partial charge in [0.15, 0.2) is 0 Å². The molecule has 3 N–H and O–H groups in total. The molecule has 2 aromatic rings. The van der Waals surface area contributed by atoms with E-state index in [0.29, 0.717) is 34.5 Å². The molecule has 0 bridgehead atoms. The Morgan fingerprint density at radius 2 is 2.04 bits per heavy atom. The summed E-state index contributed by atoms with van der Waals surface area (Å²) >= 11 is 3.44. The van der Waals surface area contributed by atoms with E-state index >= 15 is 0 Å². The van der Waals surface area contributed by atoms with E-state index in [9.17, 15) is 14.0 Å². The maximum absolute atomic E-state index is 13.5. The first-order valence-electron chi connectivity index (χ1n) is 6.84. The van der Waals surface area contributed by atoms with Crippen LogP contribution in [0.4, 0.5) is 9.18 Å². The van der Waals surface area contributed by atoms with Gasteiger partial charge in [-0.25, -0.2) is 9.18 Å². The predicted molar refractivity (Wildman–Crippen MR) is 84.5 cm³/mol. The number of carbonyl (C=O) groups excluding carboxylic acids is 1. The van der Waals surface area contributed by atoms with Crippen LogP contribution in [0, 0.1) is 5.82 Å². The quantitative estimate of drug-likeness (QED) is 0.837. The predicted octanol–water partition coefficient (Wildman–Crippen LogP) is 2.65. The number of nitrogens with two attached hydrogens (primary N) is 1. The fraction of sp³-hybridized carbons (Fsp3) is 0.200. The number of aromatic nitrogens is 1. The number of carbonyl (C=O) groups is 2. The van der Waals surface area contributed by atoms with Crippen molar-refractivity contribution in [2.75, 3.05) is 6.54 Å². The maximum Gasteiger partial charge on any atom is 0.407 e. The molecule has 0 atom stereocenters. The zero-order chi connectivity index (χ0) is 16.7. The highest BCUT2D eigenvalue weighted by molar-refractivity contribution is 9.10. The van der Waals surface area contributed by atoms with Gasteiger partial charge in [0.05, 0.1) is 22.4 Å². The molecule has 1 aliphatic rings. The number of amides is 2. The van der Waals surface area contributed by atoms with Gasteiger partial charge in [-0.15, -0.1) is 0 Å². The van der Waals surface area contributed by atoms with Crippen molar-refractivity contribution in [3.63, 3.8) is 0 Å². The lowest BCUT2D eigenvalue weighted by atomic mass is 10.0. The van der Waals surface area contributed by atoms with Crippen LogP contribution in [0.25, 0.3) is 11.1 Å². The third-order valence-electron chi connectivity index (χ3n) is 3.87. The third kappa shape index (κ3) is 2.59. The molecular formula is C15H13BrFN3O3. The fourth-order valence-electron chi connectivity index (χ4n) is 2.85. The summed E-state index contributed by atoms with van der Waals surface area (Å²) in [7, 11) is 0. The minimum Gasteiger partial charge on any atom is -0.465 e. The van der Waals surface area contributed by atoms with Crippen molar-refractivity contribution >= 4 is 27.9 Å². The van der Waals surface area contributed by atoms with Gasteiger partial charge < -0.3 is 20.3 Å². The van der Waals surface area contributed by atoms with Gasteiger partial charge in [0.25, 0.3) is 5.91 Å². The number of rotatable bonds is 2. The first-order valence-corrected chi connectivity index (χ1v) is 7.64. The first kappa shape index (κ1) is 15.5. The van der Waals surface area contributed by atoms with Crippen molar-refractivity contribution < 1.29 is 19.1 Å². The lowest BCUT2D eigenvalue weighted by Crippen LogP contribution is -2.38. The van der Waals surface area contributed by atoms with Crippen molar-refractivity contribution in [2.45, 2.75) is 13.1 Å². The number of halogens is 2. The average Bonchev–Trinajstić information content (AvgIpc) is 2.80. The molecule has 0 spiro atoms. The first-order chi connectivity index (χ1) is 10.9. The minimum absolute atomic E-state index is 0.0571. The molecule has 0 saturated heterocycles. The summed E-state index contributed by atoms with van der Waals surface area (Å²) in [5, 5.41) is 9.16. The van der Waals surface area contributed by atoms with Crippen LogP contribution in [-0.4, -0.2) is 33.1 Å². The standard InChI is InChI=1S/C15H13BrFN3O3/c16-13-11(8-2-1-3-9(17)6-8)12(14(18)21)10-7-19(15(22)23)4-5-20(10)13/h1-3,6H,4-5,7H2,(H2,18,21)(H,22,23). The van der Waals surface area contributed by atoms with Crippen LogP contribution in [0.1, 0.15) is 16.1 Å². The van der Waals surface area contributed by atoms with Gasteiger partial charge in [-0.05, 0) is 33.6 Å². The fourth-order valence-corrected chi connectivity index (χ4v) is 3.67. The van der Waals surface area contributed by atoms with Gasteiger partial charge in [-0.1, -0.05) is 12.1 Å².